The number of carbonyl (C=O) groups excluding carboxylic acids is 1. The molecule has 0 aliphatic carbocycles. The number of carbonyl (C=O) groups is 2. The molecule has 0 radical (unpaired) electrons. The molecule has 1 aliphatic heterocycles. The summed E-state index contributed by atoms with van der Waals surface area (Å²) >= 11 is 0. The van der Waals surface area contributed by atoms with E-state index >= 15 is 0 Å². The second-order valence-corrected chi connectivity index (χ2v) is 4.52. The predicted octanol–water partition coefficient (Wildman–Crippen LogP) is 1.50. The van der Waals surface area contributed by atoms with Crippen molar-refractivity contribution in [2.45, 2.75) is 45.6 Å². The topological polar surface area (TPSA) is 57.6 Å². The summed E-state index contributed by atoms with van der Waals surface area (Å²) in [6.45, 7) is 4.72. The summed E-state index contributed by atoms with van der Waals surface area (Å²) < 4.78 is 0. The third-order valence-corrected chi connectivity index (χ3v) is 2.80. The van der Waals surface area contributed by atoms with Crippen LogP contribution in [0.1, 0.15) is 39.5 Å². The van der Waals surface area contributed by atoms with Crippen molar-refractivity contribution < 1.29 is 14.7 Å². The maximum absolute atomic E-state index is 11.6. The maximum atomic E-state index is 11.6. The number of piperidine rings is 1. The SMILES string of the molecule is CC(C)CCN1C(=O)CCCC1C(=O)O. The predicted molar refractivity (Wildman–Crippen MR) is 56.4 cm³/mol. The monoisotopic (exact) mass is 213 g/mol. The van der Waals surface area contributed by atoms with Gasteiger partial charge in [-0.2, -0.15) is 0 Å². The average molecular weight is 213 g/mol. The van der Waals surface area contributed by atoms with E-state index in [1.165, 1.54) is 4.90 Å². The Balaban J connectivity index is 2.60. The van der Waals surface area contributed by atoms with Crippen LogP contribution in [0.2, 0.25) is 0 Å². The quantitative estimate of drug-likeness (QED) is 0.769. The first-order valence-corrected chi connectivity index (χ1v) is 5.54. The highest BCUT2D eigenvalue weighted by Gasteiger charge is 2.32. The van der Waals surface area contributed by atoms with Crippen molar-refractivity contribution in [3.05, 3.63) is 0 Å². The number of likely N-dealkylation sites (tertiary alicyclic amines) is 1. The molecule has 0 spiro atoms. The number of hydrogen-bond donors (Lipinski definition) is 1. The second-order valence-electron chi connectivity index (χ2n) is 4.52. The minimum Gasteiger partial charge on any atom is -0.480 e. The lowest BCUT2D eigenvalue weighted by molar-refractivity contribution is -0.153. The normalized spacial score (nSPS) is 22.2. The Labute approximate surface area is 90.3 Å². The summed E-state index contributed by atoms with van der Waals surface area (Å²) in [6, 6.07) is -0.593. The minimum atomic E-state index is -0.869. The van der Waals surface area contributed by atoms with Gasteiger partial charge in [0.25, 0.3) is 0 Å². The lowest BCUT2D eigenvalue weighted by Crippen LogP contribution is -2.48. The average Bonchev–Trinajstić information content (AvgIpc) is 2.15. The van der Waals surface area contributed by atoms with Crippen LogP contribution in [-0.4, -0.2) is 34.5 Å². The van der Waals surface area contributed by atoms with E-state index in [-0.39, 0.29) is 5.91 Å². The summed E-state index contributed by atoms with van der Waals surface area (Å²) in [5, 5.41) is 9.00. The van der Waals surface area contributed by atoms with Crippen molar-refractivity contribution in [1.82, 2.24) is 4.90 Å². The number of rotatable bonds is 4. The first-order chi connectivity index (χ1) is 7.02. The first-order valence-electron chi connectivity index (χ1n) is 5.54. The molecule has 1 aliphatic rings. The number of carboxylic acids is 1. The van der Waals surface area contributed by atoms with Crippen LogP contribution in [0, 0.1) is 5.92 Å². The van der Waals surface area contributed by atoms with Crippen LogP contribution in [0.15, 0.2) is 0 Å². The van der Waals surface area contributed by atoms with E-state index in [1.54, 1.807) is 0 Å². The van der Waals surface area contributed by atoms with Crippen LogP contribution in [0.25, 0.3) is 0 Å². The highest BCUT2D eigenvalue weighted by molar-refractivity contribution is 5.84. The summed E-state index contributed by atoms with van der Waals surface area (Å²) in [7, 11) is 0. The van der Waals surface area contributed by atoms with E-state index in [9.17, 15) is 9.59 Å². The molecule has 1 fully saturated rings. The Bertz CT molecular complexity index is 250. The van der Waals surface area contributed by atoms with E-state index in [0.717, 1.165) is 6.42 Å². The zero-order chi connectivity index (χ0) is 11.4. The molecule has 1 unspecified atom stereocenters. The van der Waals surface area contributed by atoms with Gasteiger partial charge in [0.2, 0.25) is 5.91 Å². The van der Waals surface area contributed by atoms with Gasteiger partial charge in [0.15, 0.2) is 0 Å². The van der Waals surface area contributed by atoms with Crippen LogP contribution < -0.4 is 0 Å². The van der Waals surface area contributed by atoms with Crippen molar-refractivity contribution in [3.63, 3.8) is 0 Å². The summed E-state index contributed by atoms with van der Waals surface area (Å²) in [6.07, 6.45) is 2.67. The van der Waals surface area contributed by atoms with Crippen LogP contribution in [0.3, 0.4) is 0 Å². The number of carboxylic acid groups (broad SMARTS) is 1. The number of aliphatic carboxylic acids is 1. The third kappa shape index (κ3) is 3.22. The van der Waals surface area contributed by atoms with Crippen LogP contribution in [-0.2, 0) is 9.59 Å². The van der Waals surface area contributed by atoms with Crippen LogP contribution >= 0.6 is 0 Å². The Morgan fingerprint density at radius 3 is 2.80 bits per heavy atom. The van der Waals surface area contributed by atoms with E-state index in [2.05, 4.69) is 13.8 Å². The molecule has 0 bridgehead atoms. The molecule has 1 saturated heterocycles. The fourth-order valence-corrected chi connectivity index (χ4v) is 1.85. The van der Waals surface area contributed by atoms with Crippen molar-refractivity contribution >= 4 is 11.9 Å². The lowest BCUT2D eigenvalue weighted by Gasteiger charge is -2.33. The van der Waals surface area contributed by atoms with E-state index in [1.807, 2.05) is 0 Å². The Kier molecular flexibility index (Phi) is 4.12. The van der Waals surface area contributed by atoms with Crippen LogP contribution in [0.4, 0.5) is 0 Å². The Morgan fingerprint density at radius 2 is 2.27 bits per heavy atom. The number of amides is 1. The lowest BCUT2D eigenvalue weighted by atomic mass is 10.00. The second kappa shape index (κ2) is 5.14. The first kappa shape index (κ1) is 12.0. The minimum absolute atomic E-state index is 0.00528. The summed E-state index contributed by atoms with van der Waals surface area (Å²) in [4.78, 5) is 24.1. The van der Waals surface area contributed by atoms with Gasteiger partial charge in [-0.05, 0) is 25.2 Å². The highest BCUT2D eigenvalue weighted by Crippen LogP contribution is 2.19. The molecule has 0 saturated carbocycles. The summed E-state index contributed by atoms with van der Waals surface area (Å²) in [5.74, 6) is -0.379. The Hall–Kier alpha value is -1.06. The van der Waals surface area contributed by atoms with Crippen molar-refractivity contribution in [1.29, 1.82) is 0 Å². The molecule has 4 nitrogen and oxygen atoms in total. The van der Waals surface area contributed by atoms with Gasteiger partial charge in [0.05, 0.1) is 0 Å². The van der Waals surface area contributed by atoms with Gasteiger partial charge in [-0.3, -0.25) is 4.79 Å². The molecule has 1 heterocycles. The zero-order valence-electron chi connectivity index (χ0n) is 9.40. The van der Waals surface area contributed by atoms with Crippen molar-refractivity contribution in [2.75, 3.05) is 6.54 Å². The molecule has 0 aromatic rings. The fraction of sp³-hybridized carbons (Fsp3) is 0.818. The smallest absolute Gasteiger partial charge is 0.326 e. The van der Waals surface area contributed by atoms with Crippen molar-refractivity contribution in [3.8, 4) is 0 Å². The molecule has 1 N–H and O–H groups in total. The third-order valence-electron chi connectivity index (χ3n) is 2.80. The summed E-state index contributed by atoms with van der Waals surface area (Å²) in [5.41, 5.74) is 0. The van der Waals surface area contributed by atoms with E-state index in [4.69, 9.17) is 5.11 Å². The van der Waals surface area contributed by atoms with Gasteiger partial charge < -0.3 is 10.0 Å². The maximum Gasteiger partial charge on any atom is 0.326 e. The van der Waals surface area contributed by atoms with Crippen molar-refractivity contribution in [2.24, 2.45) is 5.92 Å². The standard InChI is InChI=1S/C11H19NO3/c1-8(2)6-7-12-9(11(14)15)4-3-5-10(12)13/h8-9H,3-7H2,1-2H3,(H,14,15). The molecule has 1 amide bonds. The molecule has 86 valence electrons. The van der Waals surface area contributed by atoms with Gasteiger partial charge in [-0.1, -0.05) is 13.8 Å². The number of hydrogen-bond acceptors (Lipinski definition) is 2. The van der Waals surface area contributed by atoms with Gasteiger partial charge in [-0.15, -0.1) is 0 Å². The van der Waals surface area contributed by atoms with E-state index < -0.39 is 12.0 Å². The fourth-order valence-electron chi connectivity index (χ4n) is 1.85. The molecule has 0 aromatic carbocycles. The van der Waals surface area contributed by atoms with Gasteiger partial charge in [0, 0.05) is 13.0 Å². The molecule has 1 rings (SSSR count). The molecular formula is C11H19NO3. The zero-order valence-corrected chi connectivity index (χ0v) is 9.40. The van der Waals surface area contributed by atoms with Gasteiger partial charge in [-0.25, -0.2) is 4.79 Å². The van der Waals surface area contributed by atoms with Crippen LogP contribution in [0.5, 0.6) is 0 Å². The van der Waals surface area contributed by atoms with Gasteiger partial charge in [0.1, 0.15) is 6.04 Å². The molecule has 1 atom stereocenters. The largest absolute Gasteiger partial charge is 0.480 e. The molecule has 15 heavy (non-hydrogen) atoms. The molecule has 4 heteroatoms. The molecule has 0 aromatic heterocycles. The highest BCUT2D eigenvalue weighted by atomic mass is 16.4. The molecular weight excluding hydrogens is 194 g/mol. The van der Waals surface area contributed by atoms with E-state index in [0.29, 0.717) is 31.7 Å². The number of nitrogens with zero attached hydrogens (tertiary/aromatic N) is 1. The Morgan fingerprint density at radius 1 is 1.60 bits per heavy atom. The van der Waals surface area contributed by atoms with Gasteiger partial charge >= 0.3 is 5.97 Å².